The van der Waals surface area contributed by atoms with Crippen molar-refractivity contribution in [3.63, 3.8) is 0 Å². The lowest BCUT2D eigenvalue weighted by atomic mass is 10.2. The molecule has 0 aliphatic heterocycles. The van der Waals surface area contributed by atoms with E-state index in [2.05, 4.69) is 10.1 Å². The first-order chi connectivity index (χ1) is 11.4. The van der Waals surface area contributed by atoms with Gasteiger partial charge in [0.15, 0.2) is 0 Å². The van der Waals surface area contributed by atoms with Crippen LogP contribution in [0.1, 0.15) is 17.0 Å². The van der Waals surface area contributed by atoms with Crippen LogP contribution in [0.2, 0.25) is 5.02 Å². The molecule has 122 valence electrons. The summed E-state index contributed by atoms with van der Waals surface area (Å²) in [6, 6.07) is 4.76. The van der Waals surface area contributed by atoms with Gasteiger partial charge in [-0.15, -0.1) is 0 Å². The summed E-state index contributed by atoms with van der Waals surface area (Å²) < 4.78 is 3.27. The van der Waals surface area contributed by atoms with Gasteiger partial charge in [0.25, 0.3) is 11.1 Å². The van der Waals surface area contributed by atoms with Crippen molar-refractivity contribution in [2.75, 3.05) is 0 Å². The Hall–Kier alpha value is -2.85. The molecule has 3 aromatic rings. The third kappa shape index (κ3) is 2.61. The summed E-state index contributed by atoms with van der Waals surface area (Å²) in [6.45, 7) is 4.58. The molecule has 0 spiro atoms. The molecule has 3 heterocycles. The second kappa shape index (κ2) is 5.98. The molecule has 0 radical (unpaired) electrons. The number of aryl methyl sites for hydroxylation is 3. The Morgan fingerprint density at radius 3 is 2.71 bits per heavy atom. The molecule has 0 bridgehead atoms. The monoisotopic (exact) mass is 343 g/mol. The second-order valence-corrected chi connectivity index (χ2v) is 5.85. The molecule has 8 heteroatoms. The second-order valence-electron chi connectivity index (χ2n) is 5.47. The number of fused-ring (bicyclic) bond motifs is 1. The lowest BCUT2D eigenvalue weighted by Gasteiger charge is -2.09. The molecule has 24 heavy (non-hydrogen) atoms. The van der Waals surface area contributed by atoms with Crippen molar-refractivity contribution in [3.8, 4) is 6.07 Å². The normalized spacial score (nSPS) is 10.9. The Labute approximate surface area is 141 Å². The largest absolute Gasteiger partial charge is 0.321 e. The number of rotatable bonds is 3. The molecule has 0 aliphatic rings. The third-order valence-corrected chi connectivity index (χ3v) is 4.50. The lowest BCUT2D eigenvalue weighted by Crippen LogP contribution is -2.24. The number of aromatic nitrogens is 4. The van der Waals surface area contributed by atoms with Gasteiger partial charge in [-0.2, -0.15) is 10.4 Å². The number of H-pyrrole nitrogens is 1. The molecular formula is C16H14ClN5O2. The topological polar surface area (TPSA) is 96.5 Å². The van der Waals surface area contributed by atoms with Crippen LogP contribution in [0.3, 0.4) is 0 Å². The molecule has 3 aromatic heterocycles. The van der Waals surface area contributed by atoms with Crippen molar-refractivity contribution < 1.29 is 0 Å². The Morgan fingerprint density at radius 2 is 2.08 bits per heavy atom. The van der Waals surface area contributed by atoms with E-state index in [4.69, 9.17) is 16.9 Å². The van der Waals surface area contributed by atoms with Gasteiger partial charge in [0.05, 0.1) is 33.9 Å². The van der Waals surface area contributed by atoms with Gasteiger partial charge in [-0.1, -0.05) is 11.6 Å². The highest BCUT2D eigenvalue weighted by Crippen LogP contribution is 2.18. The number of aromatic amines is 1. The van der Waals surface area contributed by atoms with Crippen LogP contribution >= 0.6 is 11.6 Å². The molecular weight excluding hydrogens is 330 g/mol. The minimum Gasteiger partial charge on any atom is -0.321 e. The van der Waals surface area contributed by atoms with E-state index in [1.165, 1.54) is 10.6 Å². The molecule has 0 fully saturated rings. The highest BCUT2D eigenvalue weighted by Gasteiger charge is 2.11. The molecule has 7 nitrogen and oxygen atoms in total. The summed E-state index contributed by atoms with van der Waals surface area (Å²) in [5.41, 5.74) is 1.15. The molecule has 3 rings (SSSR count). The standard InChI is InChI=1S/C16H14ClN5O2/c1-9-14(17)10(2)22(20-9)6-5-21-4-3-13-12(16(21)24)7-11(8-18)15(23)19-13/h3-4,7H,5-6H2,1-2H3,(H,19,23). The van der Waals surface area contributed by atoms with Crippen LogP contribution in [0.4, 0.5) is 0 Å². The fraction of sp³-hybridized carbons (Fsp3) is 0.250. The van der Waals surface area contributed by atoms with Crippen molar-refractivity contribution in [2.24, 2.45) is 0 Å². The zero-order valence-electron chi connectivity index (χ0n) is 13.1. The Morgan fingerprint density at radius 1 is 1.33 bits per heavy atom. The first-order valence-corrected chi connectivity index (χ1v) is 7.66. The SMILES string of the molecule is Cc1nn(CCn2ccc3[nH]c(=O)c(C#N)cc3c2=O)c(C)c1Cl. The van der Waals surface area contributed by atoms with Gasteiger partial charge in [-0.3, -0.25) is 14.3 Å². The summed E-state index contributed by atoms with van der Waals surface area (Å²) in [4.78, 5) is 26.7. The molecule has 0 aliphatic carbocycles. The summed E-state index contributed by atoms with van der Waals surface area (Å²) in [5, 5.41) is 14.2. The maximum Gasteiger partial charge on any atom is 0.266 e. The van der Waals surface area contributed by atoms with Crippen molar-refractivity contribution in [1.29, 1.82) is 5.26 Å². The van der Waals surface area contributed by atoms with Gasteiger partial charge in [0.2, 0.25) is 0 Å². The molecule has 0 unspecified atom stereocenters. The average Bonchev–Trinajstić information content (AvgIpc) is 2.81. The highest BCUT2D eigenvalue weighted by atomic mass is 35.5. The predicted octanol–water partition coefficient (Wildman–Crippen LogP) is 1.73. The van der Waals surface area contributed by atoms with Crippen molar-refractivity contribution in [1.82, 2.24) is 19.3 Å². The van der Waals surface area contributed by atoms with Crippen molar-refractivity contribution >= 4 is 22.5 Å². The van der Waals surface area contributed by atoms with E-state index in [-0.39, 0.29) is 11.1 Å². The van der Waals surface area contributed by atoms with Gasteiger partial charge in [0.1, 0.15) is 11.6 Å². The molecule has 0 aromatic carbocycles. The van der Waals surface area contributed by atoms with E-state index in [0.29, 0.717) is 29.0 Å². The maximum atomic E-state index is 12.6. The lowest BCUT2D eigenvalue weighted by molar-refractivity contribution is 0.514. The number of halogens is 1. The van der Waals surface area contributed by atoms with E-state index in [9.17, 15) is 9.59 Å². The van der Waals surface area contributed by atoms with Crippen molar-refractivity contribution in [3.05, 3.63) is 61.0 Å². The van der Waals surface area contributed by atoms with Crippen LogP contribution in [-0.4, -0.2) is 19.3 Å². The minimum absolute atomic E-state index is 0.0809. The summed E-state index contributed by atoms with van der Waals surface area (Å²) >= 11 is 6.12. The predicted molar refractivity (Wildman–Crippen MR) is 90.3 cm³/mol. The van der Waals surface area contributed by atoms with Crippen LogP contribution < -0.4 is 11.1 Å². The smallest absolute Gasteiger partial charge is 0.266 e. The minimum atomic E-state index is -0.501. The number of pyridine rings is 2. The van der Waals surface area contributed by atoms with Crippen LogP contribution in [-0.2, 0) is 13.1 Å². The van der Waals surface area contributed by atoms with E-state index < -0.39 is 5.56 Å². The van der Waals surface area contributed by atoms with E-state index >= 15 is 0 Å². The van der Waals surface area contributed by atoms with Crippen LogP contribution in [0.15, 0.2) is 27.9 Å². The zero-order chi connectivity index (χ0) is 17.4. The Kier molecular flexibility index (Phi) is 3.99. The van der Waals surface area contributed by atoms with Gasteiger partial charge in [0, 0.05) is 12.7 Å². The van der Waals surface area contributed by atoms with Gasteiger partial charge >= 0.3 is 0 Å². The van der Waals surface area contributed by atoms with Crippen LogP contribution in [0.25, 0.3) is 10.9 Å². The quantitative estimate of drug-likeness (QED) is 0.783. The summed E-state index contributed by atoms with van der Waals surface area (Å²) in [6.07, 6.45) is 1.61. The maximum absolute atomic E-state index is 12.6. The number of nitrogens with zero attached hydrogens (tertiary/aromatic N) is 4. The number of nitrogens with one attached hydrogen (secondary N) is 1. The Balaban J connectivity index is 1.98. The molecule has 0 saturated carbocycles. The number of hydrogen-bond acceptors (Lipinski definition) is 4. The fourth-order valence-electron chi connectivity index (χ4n) is 2.59. The third-order valence-electron chi connectivity index (χ3n) is 3.95. The summed E-state index contributed by atoms with van der Waals surface area (Å²) in [7, 11) is 0. The van der Waals surface area contributed by atoms with Gasteiger partial charge < -0.3 is 9.55 Å². The van der Waals surface area contributed by atoms with Crippen LogP contribution in [0, 0.1) is 25.2 Å². The molecule has 0 atom stereocenters. The first kappa shape index (κ1) is 16.0. The van der Waals surface area contributed by atoms with Crippen molar-refractivity contribution in [2.45, 2.75) is 26.9 Å². The number of hydrogen-bond donors (Lipinski definition) is 1. The average molecular weight is 344 g/mol. The fourth-order valence-corrected chi connectivity index (χ4v) is 2.73. The number of nitriles is 1. The highest BCUT2D eigenvalue weighted by molar-refractivity contribution is 6.31. The molecule has 0 amide bonds. The first-order valence-electron chi connectivity index (χ1n) is 7.28. The van der Waals surface area contributed by atoms with Crippen LogP contribution in [0.5, 0.6) is 0 Å². The van der Waals surface area contributed by atoms with Gasteiger partial charge in [-0.25, -0.2) is 0 Å². The zero-order valence-corrected chi connectivity index (χ0v) is 13.9. The van der Waals surface area contributed by atoms with Gasteiger partial charge in [-0.05, 0) is 26.0 Å². The van der Waals surface area contributed by atoms with E-state index in [1.54, 1.807) is 23.0 Å². The summed E-state index contributed by atoms with van der Waals surface area (Å²) in [5.74, 6) is 0. The molecule has 0 saturated heterocycles. The van der Waals surface area contributed by atoms with E-state index in [1.807, 2.05) is 13.8 Å². The van der Waals surface area contributed by atoms with E-state index in [0.717, 1.165) is 11.4 Å². The Bertz CT molecular complexity index is 1100. The molecule has 1 N–H and O–H groups in total.